The van der Waals surface area contributed by atoms with Gasteiger partial charge in [0.05, 0.1) is 0 Å². The highest BCUT2D eigenvalue weighted by molar-refractivity contribution is 5.71. The first-order valence-corrected chi connectivity index (χ1v) is 31.5. The van der Waals surface area contributed by atoms with Gasteiger partial charge in [0.25, 0.3) is 0 Å². The molecule has 0 radical (unpaired) electrons. The van der Waals surface area contributed by atoms with Crippen LogP contribution in [0.2, 0.25) is 0 Å². The van der Waals surface area contributed by atoms with Crippen LogP contribution >= 0.6 is 0 Å². The monoisotopic (exact) mass is 1070 g/mol. The first-order chi connectivity index (χ1) is 38.5. The summed E-state index contributed by atoms with van der Waals surface area (Å²) in [6.07, 6.45) is 93.8. The molecule has 6 heteroatoms. The molecule has 0 saturated heterocycles. The maximum atomic E-state index is 12.9. The highest BCUT2D eigenvalue weighted by atomic mass is 16.6. The molecule has 0 aromatic rings. The van der Waals surface area contributed by atoms with Gasteiger partial charge in [-0.05, 0) is 128 Å². The van der Waals surface area contributed by atoms with Crippen LogP contribution in [-0.2, 0) is 28.6 Å². The average Bonchev–Trinajstić information content (AvgIpc) is 3.44. The lowest BCUT2D eigenvalue weighted by atomic mass is 10.0. The molecule has 0 bridgehead atoms. The van der Waals surface area contributed by atoms with Crippen molar-refractivity contribution in [3.05, 3.63) is 158 Å². The van der Waals surface area contributed by atoms with Crippen molar-refractivity contribution >= 4 is 17.9 Å². The molecule has 1 atom stereocenters. The summed E-state index contributed by atoms with van der Waals surface area (Å²) in [5.74, 6) is -0.967. The summed E-state index contributed by atoms with van der Waals surface area (Å²) >= 11 is 0. The number of hydrogen-bond acceptors (Lipinski definition) is 6. The van der Waals surface area contributed by atoms with Crippen LogP contribution in [0, 0.1) is 0 Å². The van der Waals surface area contributed by atoms with Crippen molar-refractivity contribution < 1.29 is 28.6 Å². The van der Waals surface area contributed by atoms with E-state index in [0.717, 1.165) is 161 Å². The van der Waals surface area contributed by atoms with Gasteiger partial charge in [-0.1, -0.05) is 269 Å². The van der Waals surface area contributed by atoms with Gasteiger partial charge in [0.15, 0.2) is 6.10 Å². The highest BCUT2D eigenvalue weighted by Crippen LogP contribution is 2.14. The molecule has 0 saturated carbocycles. The Balaban J connectivity index is 4.48. The van der Waals surface area contributed by atoms with Crippen LogP contribution in [0.25, 0.3) is 0 Å². The molecule has 438 valence electrons. The molecule has 0 aliphatic carbocycles. The van der Waals surface area contributed by atoms with Crippen molar-refractivity contribution in [1.82, 2.24) is 0 Å². The minimum Gasteiger partial charge on any atom is -0.462 e. The molecule has 0 aliphatic heterocycles. The zero-order chi connectivity index (χ0) is 56.4. The van der Waals surface area contributed by atoms with Gasteiger partial charge in [-0.15, -0.1) is 0 Å². The normalized spacial score (nSPS) is 13.2. The Labute approximate surface area is 480 Å². The second kappa shape index (κ2) is 64.6. The van der Waals surface area contributed by atoms with Crippen LogP contribution < -0.4 is 0 Å². The minimum atomic E-state index is -0.813. The van der Waals surface area contributed by atoms with Crippen LogP contribution in [0.4, 0.5) is 0 Å². The summed E-state index contributed by atoms with van der Waals surface area (Å²) in [7, 11) is 0. The second-order valence-electron chi connectivity index (χ2n) is 20.2. The molecule has 0 rings (SSSR count). The van der Waals surface area contributed by atoms with E-state index < -0.39 is 6.10 Å². The molecule has 1 unspecified atom stereocenters. The standard InChI is InChI=1S/C72H114O6/c1-4-7-10-13-16-19-22-25-27-29-31-33-35-36-38-39-41-43-45-47-50-53-56-59-62-65-71(74)77-68-69(67-76-70(73)64-61-58-55-52-49-24-21-18-15-12-9-6-3)78-72(75)66-63-60-57-54-51-48-46-44-42-40-37-34-32-30-28-26-23-20-17-14-11-8-5-2/h7-8,10-11,16-17,19-20,25-28,31-34,36,38,40-43,46-48,50,69H,4-6,9,12-15,18,21-24,29-30,35,37,39,44-45,49,51-68H2,1-3H3/b10-7-,11-8-,19-16-,20-17-,27-25-,28-26-,33-31-,34-32-,38-36-,42-40-,43-41-,48-46-,50-47-. The number of esters is 3. The molecule has 0 N–H and O–H groups in total. The van der Waals surface area contributed by atoms with Gasteiger partial charge in [-0.2, -0.15) is 0 Å². The SMILES string of the molecule is CC/C=C\C/C=C\C/C=C\C/C=C\C/C=C\C/C=C\C/C=C\CCCCCC(=O)OCC(COC(=O)CCCCCCCCCCCCCC)OC(=O)CCCCCC/C=C\C/C=C\C/C=C\C/C=C\C/C=C\C/C=C\CC. The number of hydrogen-bond donors (Lipinski definition) is 0. The molecule has 78 heavy (non-hydrogen) atoms. The second-order valence-corrected chi connectivity index (χ2v) is 20.2. The van der Waals surface area contributed by atoms with E-state index in [1.165, 1.54) is 57.8 Å². The third kappa shape index (κ3) is 61.9. The number of ether oxygens (including phenoxy) is 3. The van der Waals surface area contributed by atoms with E-state index >= 15 is 0 Å². The van der Waals surface area contributed by atoms with E-state index in [1.54, 1.807) is 0 Å². The Morgan fingerprint density at radius 1 is 0.269 bits per heavy atom. The predicted molar refractivity (Wildman–Crippen MR) is 338 cm³/mol. The summed E-state index contributed by atoms with van der Waals surface area (Å²) in [5, 5.41) is 0. The average molecular weight is 1080 g/mol. The highest BCUT2D eigenvalue weighted by Gasteiger charge is 2.19. The minimum absolute atomic E-state index is 0.104. The fraction of sp³-hybridized carbons (Fsp3) is 0.597. The first kappa shape index (κ1) is 73.0. The lowest BCUT2D eigenvalue weighted by Crippen LogP contribution is -2.30. The van der Waals surface area contributed by atoms with Crippen LogP contribution in [-0.4, -0.2) is 37.2 Å². The Morgan fingerprint density at radius 3 is 0.795 bits per heavy atom. The van der Waals surface area contributed by atoms with Crippen molar-refractivity contribution in [1.29, 1.82) is 0 Å². The number of allylic oxidation sites excluding steroid dienone is 26. The fourth-order valence-electron chi connectivity index (χ4n) is 8.13. The van der Waals surface area contributed by atoms with Crippen molar-refractivity contribution in [2.45, 2.75) is 264 Å². The van der Waals surface area contributed by atoms with E-state index in [-0.39, 0.29) is 37.5 Å². The van der Waals surface area contributed by atoms with Gasteiger partial charge in [0.2, 0.25) is 0 Å². The Kier molecular flexibility index (Phi) is 60.4. The van der Waals surface area contributed by atoms with Gasteiger partial charge in [0, 0.05) is 19.3 Å². The van der Waals surface area contributed by atoms with Crippen molar-refractivity contribution in [3.8, 4) is 0 Å². The molecule has 0 aromatic carbocycles. The Hall–Kier alpha value is -4.97. The molecule has 0 heterocycles. The van der Waals surface area contributed by atoms with E-state index in [4.69, 9.17) is 14.2 Å². The first-order valence-electron chi connectivity index (χ1n) is 31.5. The lowest BCUT2D eigenvalue weighted by molar-refractivity contribution is -0.167. The maximum Gasteiger partial charge on any atom is 0.306 e. The van der Waals surface area contributed by atoms with Crippen molar-refractivity contribution in [2.75, 3.05) is 13.2 Å². The van der Waals surface area contributed by atoms with Crippen LogP contribution in [0.1, 0.15) is 258 Å². The quantitative estimate of drug-likeness (QED) is 0.0261. The number of carbonyl (C=O) groups excluding carboxylic acids is 3. The maximum absolute atomic E-state index is 12.9. The molecular formula is C72H114O6. The molecule has 0 aliphatic rings. The zero-order valence-electron chi connectivity index (χ0n) is 50.1. The fourth-order valence-corrected chi connectivity index (χ4v) is 8.13. The van der Waals surface area contributed by atoms with Crippen LogP contribution in [0.3, 0.4) is 0 Å². The molecule has 0 amide bonds. The van der Waals surface area contributed by atoms with Gasteiger partial charge in [0.1, 0.15) is 13.2 Å². The smallest absolute Gasteiger partial charge is 0.306 e. The molecular weight excluding hydrogens is 961 g/mol. The van der Waals surface area contributed by atoms with E-state index in [1.807, 2.05) is 0 Å². The predicted octanol–water partition coefficient (Wildman–Crippen LogP) is 21.7. The molecule has 0 aromatic heterocycles. The third-order valence-corrected chi connectivity index (χ3v) is 12.8. The third-order valence-electron chi connectivity index (χ3n) is 12.8. The van der Waals surface area contributed by atoms with Gasteiger partial charge in [-0.3, -0.25) is 14.4 Å². The van der Waals surface area contributed by atoms with Crippen LogP contribution in [0.15, 0.2) is 158 Å². The lowest BCUT2D eigenvalue weighted by Gasteiger charge is -2.18. The van der Waals surface area contributed by atoms with Crippen LogP contribution in [0.5, 0.6) is 0 Å². The Morgan fingerprint density at radius 2 is 0.500 bits per heavy atom. The summed E-state index contributed by atoms with van der Waals surface area (Å²) in [6.45, 7) is 6.36. The summed E-state index contributed by atoms with van der Waals surface area (Å²) in [4.78, 5) is 38.3. The summed E-state index contributed by atoms with van der Waals surface area (Å²) < 4.78 is 16.9. The topological polar surface area (TPSA) is 78.9 Å². The van der Waals surface area contributed by atoms with Crippen molar-refractivity contribution in [3.63, 3.8) is 0 Å². The summed E-state index contributed by atoms with van der Waals surface area (Å²) in [6, 6.07) is 0. The molecule has 0 fully saturated rings. The zero-order valence-corrected chi connectivity index (χ0v) is 50.1. The van der Waals surface area contributed by atoms with Crippen molar-refractivity contribution in [2.24, 2.45) is 0 Å². The molecule has 0 spiro atoms. The van der Waals surface area contributed by atoms with E-state index in [2.05, 4.69) is 179 Å². The van der Waals surface area contributed by atoms with E-state index in [9.17, 15) is 14.4 Å². The largest absolute Gasteiger partial charge is 0.462 e. The van der Waals surface area contributed by atoms with E-state index in [0.29, 0.717) is 12.8 Å². The summed E-state index contributed by atoms with van der Waals surface area (Å²) in [5.41, 5.74) is 0. The van der Waals surface area contributed by atoms with Gasteiger partial charge >= 0.3 is 17.9 Å². The number of carbonyl (C=O) groups is 3. The number of rotatable bonds is 55. The number of unbranched alkanes of at least 4 members (excludes halogenated alkanes) is 18. The molecule has 6 nitrogen and oxygen atoms in total. The van der Waals surface area contributed by atoms with Gasteiger partial charge in [-0.25, -0.2) is 0 Å². The van der Waals surface area contributed by atoms with Gasteiger partial charge < -0.3 is 14.2 Å². The Bertz CT molecular complexity index is 1760.